The molecule has 0 aliphatic rings. The fourth-order valence-electron chi connectivity index (χ4n) is 2.23. The summed E-state index contributed by atoms with van der Waals surface area (Å²) in [6, 6.07) is 9.42. The van der Waals surface area contributed by atoms with Crippen molar-refractivity contribution in [2.45, 2.75) is 32.9 Å². The van der Waals surface area contributed by atoms with Crippen molar-refractivity contribution in [2.24, 2.45) is 0 Å². The quantitative estimate of drug-likeness (QED) is 0.936. The highest BCUT2D eigenvalue weighted by Gasteiger charge is 2.22. The average Bonchev–Trinajstić information content (AvgIpc) is 2.37. The van der Waals surface area contributed by atoms with Crippen LogP contribution in [0.1, 0.15) is 26.3 Å². The molecule has 0 spiro atoms. The third kappa shape index (κ3) is 2.65. The molecule has 2 rings (SSSR count). The van der Waals surface area contributed by atoms with Gasteiger partial charge in [-0.05, 0) is 62.7 Å². The second kappa shape index (κ2) is 5.21. The summed E-state index contributed by atoms with van der Waals surface area (Å²) in [6.07, 6.45) is 0. The molecule has 4 heteroatoms. The van der Waals surface area contributed by atoms with Gasteiger partial charge in [-0.1, -0.05) is 0 Å². The number of nitrogens with zero attached hydrogens (tertiary/aromatic N) is 1. The van der Waals surface area contributed by atoms with Crippen LogP contribution in [-0.2, 0) is 12.1 Å². The third-order valence-electron chi connectivity index (χ3n) is 3.29. The molecule has 1 heterocycles. The zero-order valence-corrected chi connectivity index (χ0v) is 11.9. The molecular weight excluding hydrogens is 257 g/mol. The predicted molar refractivity (Wildman–Crippen MR) is 77.0 cm³/mol. The first-order chi connectivity index (χ1) is 9.34. The van der Waals surface area contributed by atoms with Crippen LogP contribution in [0, 0.1) is 5.82 Å². The van der Waals surface area contributed by atoms with Crippen molar-refractivity contribution in [3.8, 4) is 11.3 Å². The molecule has 3 nitrogen and oxygen atoms in total. The van der Waals surface area contributed by atoms with Crippen LogP contribution in [0.25, 0.3) is 11.3 Å². The van der Waals surface area contributed by atoms with Crippen LogP contribution < -0.4 is 5.56 Å². The van der Waals surface area contributed by atoms with Crippen LogP contribution in [0.4, 0.5) is 4.39 Å². The largest absolute Gasteiger partial charge is 0.386 e. The number of hydrogen-bond acceptors (Lipinski definition) is 2. The fourth-order valence-corrected chi connectivity index (χ4v) is 2.23. The first-order valence-electron chi connectivity index (χ1n) is 6.57. The molecule has 0 saturated carbocycles. The minimum absolute atomic E-state index is 0.221. The maximum Gasteiger partial charge on any atom is 0.257 e. The van der Waals surface area contributed by atoms with Crippen molar-refractivity contribution in [1.82, 2.24) is 4.57 Å². The van der Waals surface area contributed by atoms with Crippen LogP contribution in [0.5, 0.6) is 0 Å². The van der Waals surface area contributed by atoms with E-state index >= 15 is 0 Å². The Hall–Kier alpha value is -1.94. The van der Waals surface area contributed by atoms with E-state index in [0.29, 0.717) is 17.8 Å². The van der Waals surface area contributed by atoms with Gasteiger partial charge in [0.05, 0.1) is 11.3 Å². The minimum atomic E-state index is -1.19. The van der Waals surface area contributed by atoms with Crippen LogP contribution >= 0.6 is 0 Å². The molecule has 0 fully saturated rings. The van der Waals surface area contributed by atoms with Crippen molar-refractivity contribution in [3.05, 3.63) is 58.1 Å². The highest BCUT2D eigenvalue weighted by Crippen LogP contribution is 2.22. The topological polar surface area (TPSA) is 42.2 Å². The number of rotatable bonds is 3. The molecular formula is C16H18FNO2. The lowest BCUT2D eigenvalue weighted by molar-refractivity contribution is 0.0765. The molecule has 0 radical (unpaired) electrons. The number of hydrogen-bond donors (Lipinski definition) is 1. The molecule has 1 N–H and O–H groups in total. The summed E-state index contributed by atoms with van der Waals surface area (Å²) in [5, 5.41) is 10.0. The van der Waals surface area contributed by atoms with E-state index in [0.717, 1.165) is 5.56 Å². The summed E-state index contributed by atoms with van der Waals surface area (Å²) in [6.45, 7) is 5.51. The molecule has 0 bridgehead atoms. The maximum atomic E-state index is 13.0. The zero-order valence-electron chi connectivity index (χ0n) is 11.9. The molecule has 20 heavy (non-hydrogen) atoms. The van der Waals surface area contributed by atoms with E-state index in [9.17, 15) is 14.3 Å². The van der Waals surface area contributed by atoms with Crippen molar-refractivity contribution in [2.75, 3.05) is 0 Å². The van der Waals surface area contributed by atoms with Gasteiger partial charge in [0, 0.05) is 12.1 Å². The van der Waals surface area contributed by atoms with E-state index in [1.54, 1.807) is 42.7 Å². The van der Waals surface area contributed by atoms with Crippen molar-refractivity contribution >= 4 is 0 Å². The fraction of sp³-hybridized carbons (Fsp3) is 0.312. The molecule has 106 valence electrons. The van der Waals surface area contributed by atoms with Crippen LogP contribution in [0.15, 0.2) is 41.2 Å². The highest BCUT2D eigenvalue weighted by molar-refractivity contribution is 5.60. The first kappa shape index (κ1) is 14.5. The Morgan fingerprint density at radius 2 is 1.75 bits per heavy atom. The van der Waals surface area contributed by atoms with Crippen LogP contribution in [0.2, 0.25) is 0 Å². The Bertz CT molecular complexity index is 666. The standard InChI is InChI=1S/C16H18FNO2/c1-4-18-14(11-5-7-12(17)8-6-11)10-9-13(15(18)19)16(2,3)20/h5-10,20H,4H2,1-3H3. The normalized spacial score (nSPS) is 11.7. The summed E-state index contributed by atoms with van der Waals surface area (Å²) in [5.74, 6) is -0.313. The molecule has 2 aromatic rings. The summed E-state index contributed by atoms with van der Waals surface area (Å²) < 4.78 is 14.6. The van der Waals surface area contributed by atoms with Gasteiger partial charge in [0.1, 0.15) is 5.82 Å². The zero-order chi connectivity index (χ0) is 14.9. The second-order valence-corrected chi connectivity index (χ2v) is 5.25. The Balaban J connectivity index is 2.65. The first-order valence-corrected chi connectivity index (χ1v) is 6.57. The molecule has 1 aromatic heterocycles. The predicted octanol–water partition coefficient (Wildman–Crippen LogP) is 2.90. The lowest BCUT2D eigenvalue weighted by Gasteiger charge is -2.20. The van der Waals surface area contributed by atoms with E-state index in [1.165, 1.54) is 12.1 Å². The number of halogens is 1. The monoisotopic (exact) mass is 275 g/mol. The molecule has 0 unspecified atom stereocenters. The van der Waals surface area contributed by atoms with Crippen molar-refractivity contribution in [1.29, 1.82) is 0 Å². The lowest BCUT2D eigenvalue weighted by atomic mass is 9.98. The van der Waals surface area contributed by atoms with Gasteiger partial charge in [0.2, 0.25) is 0 Å². The van der Waals surface area contributed by atoms with Crippen LogP contribution in [-0.4, -0.2) is 9.67 Å². The van der Waals surface area contributed by atoms with Gasteiger partial charge in [-0.25, -0.2) is 4.39 Å². The summed E-state index contributed by atoms with van der Waals surface area (Å²) >= 11 is 0. The van der Waals surface area contributed by atoms with E-state index in [4.69, 9.17) is 0 Å². The number of benzene rings is 1. The molecule has 0 aliphatic carbocycles. The Kier molecular flexibility index (Phi) is 3.77. The minimum Gasteiger partial charge on any atom is -0.386 e. The van der Waals surface area contributed by atoms with Gasteiger partial charge >= 0.3 is 0 Å². The molecule has 0 saturated heterocycles. The van der Waals surface area contributed by atoms with Crippen molar-refractivity contribution < 1.29 is 9.50 Å². The number of aliphatic hydroxyl groups is 1. The Morgan fingerprint density at radius 1 is 1.15 bits per heavy atom. The van der Waals surface area contributed by atoms with Gasteiger partial charge in [-0.15, -0.1) is 0 Å². The molecule has 0 atom stereocenters. The van der Waals surface area contributed by atoms with Crippen LogP contribution in [0.3, 0.4) is 0 Å². The molecule has 1 aromatic carbocycles. The Labute approximate surface area is 117 Å². The van der Waals surface area contributed by atoms with Gasteiger partial charge in [-0.3, -0.25) is 4.79 Å². The van der Waals surface area contributed by atoms with Gasteiger partial charge in [0.15, 0.2) is 0 Å². The van der Waals surface area contributed by atoms with E-state index in [1.807, 2.05) is 6.92 Å². The Morgan fingerprint density at radius 3 is 2.25 bits per heavy atom. The van der Waals surface area contributed by atoms with Crippen molar-refractivity contribution in [3.63, 3.8) is 0 Å². The molecule has 0 amide bonds. The van der Waals surface area contributed by atoms with Gasteiger partial charge in [0.25, 0.3) is 5.56 Å². The average molecular weight is 275 g/mol. The van der Waals surface area contributed by atoms with E-state index < -0.39 is 5.60 Å². The summed E-state index contributed by atoms with van der Waals surface area (Å²) in [5.41, 5.74) is 0.431. The van der Waals surface area contributed by atoms with E-state index in [2.05, 4.69) is 0 Å². The van der Waals surface area contributed by atoms with Gasteiger partial charge < -0.3 is 9.67 Å². The molecule has 0 aliphatic heterocycles. The SMILES string of the molecule is CCn1c(-c2ccc(F)cc2)ccc(C(C)(C)O)c1=O. The summed E-state index contributed by atoms with van der Waals surface area (Å²) in [7, 11) is 0. The van der Waals surface area contributed by atoms with E-state index in [-0.39, 0.29) is 11.4 Å². The smallest absolute Gasteiger partial charge is 0.257 e. The second-order valence-electron chi connectivity index (χ2n) is 5.25. The maximum absolute atomic E-state index is 13.0. The summed E-state index contributed by atoms with van der Waals surface area (Å²) in [4.78, 5) is 12.4. The lowest BCUT2D eigenvalue weighted by Crippen LogP contribution is -2.32. The highest BCUT2D eigenvalue weighted by atomic mass is 19.1. The number of pyridine rings is 1. The number of aromatic nitrogens is 1. The van der Waals surface area contributed by atoms with Gasteiger partial charge in [-0.2, -0.15) is 0 Å². The third-order valence-corrected chi connectivity index (χ3v) is 3.29.